The second-order valence-electron chi connectivity index (χ2n) is 4.33. The van der Waals surface area contributed by atoms with Crippen molar-refractivity contribution in [1.29, 1.82) is 0 Å². The molecule has 5 nitrogen and oxygen atoms in total. The van der Waals surface area contributed by atoms with Crippen LogP contribution in [0.4, 0.5) is 0 Å². The molecule has 2 atom stereocenters. The van der Waals surface area contributed by atoms with Crippen LogP contribution in [0, 0.1) is 5.92 Å². The number of nitrogens with two attached hydrogens (primary N) is 1. The molecular weight excluding hydrogens is 252 g/mol. The Hall–Kier alpha value is -1.66. The first-order valence-electron chi connectivity index (χ1n) is 5.44. The second-order valence-corrected chi connectivity index (χ2v) is 6.02. The lowest BCUT2D eigenvalue weighted by Crippen LogP contribution is -2.46. The highest BCUT2D eigenvalue weighted by Crippen LogP contribution is 2.42. The van der Waals surface area contributed by atoms with Gasteiger partial charge in [0.1, 0.15) is 5.54 Å². The van der Waals surface area contributed by atoms with Gasteiger partial charge in [0.05, 0.1) is 4.90 Å². The molecule has 0 aliphatic heterocycles. The molecule has 2 rings (SSSR count). The average Bonchev–Trinajstić information content (AvgIpc) is 3.03. The number of carbonyl (C=O) groups excluding carboxylic acids is 1. The first-order valence-corrected chi connectivity index (χ1v) is 6.92. The fourth-order valence-electron chi connectivity index (χ4n) is 1.74. The molecule has 1 aromatic rings. The predicted molar refractivity (Wildman–Crippen MR) is 67.0 cm³/mol. The minimum Gasteiger partial charge on any atom is -0.317 e. The van der Waals surface area contributed by atoms with Crippen molar-refractivity contribution in [3.8, 4) is 0 Å². The van der Waals surface area contributed by atoms with Gasteiger partial charge in [-0.1, -0.05) is 24.3 Å². The molecule has 96 valence electrons. The third kappa shape index (κ3) is 2.16. The molecule has 0 radical (unpaired) electrons. The fourth-order valence-corrected chi connectivity index (χ4v) is 2.80. The first-order chi connectivity index (χ1) is 8.40. The maximum absolute atomic E-state index is 11.9. The van der Waals surface area contributed by atoms with Crippen LogP contribution in [0.25, 0.3) is 0 Å². The molecule has 3 N–H and O–H groups in total. The number of sulfonamides is 1. The molecule has 0 spiro atoms. The highest BCUT2D eigenvalue weighted by atomic mass is 32.2. The zero-order valence-electron chi connectivity index (χ0n) is 9.67. The Kier molecular flexibility index (Phi) is 3.00. The summed E-state index contributed by atoms with van der Waals surface area (Å²) in [5.41, 5.74) is 4.65. The Bertz CT molecular complexity index is 583. The van der Waals surface area contributed by atoms with Gasteiger partial charge in [-0.05, 0) is 18.6 Å². The Morgan fingerprint density at radius 1 is 1.44 bits per heavy atom. The van der Waals surface area contributed by atoms with Gasteiger partial charge in [-0.2, -0.15) is 0 Å². The maximum atomic E-state index is 11.9. The molecule has 0 bridgehead atoms. The molecular formula is C12H14N2O3S. The summed E-state index contributed by atoms with van der Waals surface area (Å²) in [7, 11) is -3.85. The number of carbonyl (C=O) groups is 1. The Balaban J connectivity index is 2.16. The summed E-state index contributed by atoms with van der Waals surface area (Å²) < 4.78 is 25.8. The van der Waals surface area contributed by atoms with Crippen molar-refractivity contribution < 1.29 is 13.2 Å². The van der Waals surface area contributed by atoms with Gasteiger partial charge in [0.15, 0.2) is 0 Å². The van der Waals surface area contributed by atoms with Crippen LogP contribution < -0.4 is 10.5 Å². The van der Waals surface area contributed by atoms with E-state index in [4.69, 9.17) is 5.73 Å². The van der Waals surface area contributed by atoms with E-state index in [1.807, 2.05) is 4.72 Å². The summed E-state index contributed by atoms with van der Waals surface area (Å²) in [4.78, 5) is 11.9. The molecule has 1 aliphatic carbocycles. The van der Waals surface area contributed by atoms with E-state index < -0.39 is 21.5 Å². The zero-order valence-corrected chi connectivity index (χ0v) is 10.5. The fraction of sp³-hybridized carbons (Fsp3) is 0.250. The molecule has 1 aliphatic rings. The van der Waals surface area contributed by atoms with Gasteiger partial charge in [0.25, 0.3) is 15.9 Å². The number of hydrogen-bond donors (Lipinski definition) is 2. The van der Waals surface area contributed by atoms with E-state index in [2.05, 4.69) is 6.58 Å². The molecule has 1 saturated carbocycles. The standard InChI is InChI=1S/C12H14N2O3S/c1-2-9-8-12(9,13)11(15)14-18(16,17)10-6-4-3-5-7-10/h2-7,9H,1,8,13H2,(H,14,15)/t9-,12-/m1/s1. The van der Waals surface area contributed by atoms with Crippen molar-refractivity contribution >= 4 is 15.9 Å². The van der Waals surface area contributed by atoms with Crippen molar-refractivity contribution in [1.82, 2.24) is 4.72 Å². The number of hydrogen-bond acceptors (Lipinski definition) is 4. The maximum Gasteiger partial charge on any atom is 0.264 e. The van der Waals surface area contributed by atoms with Gasteiger partial charge in [-0.25, -0.2) is 13.1 Å². The van der Waals surface area contributed by atoms with E-state index in [9.17, 15) is 13.2 Å². The quantitative estimate of drug-likeness (QED) is 0.772. The van der Waals surface area contributed by atoms with Crippen molar-refractivity contribution in [2.75, 3.05) is 0 Å². The molecule has 0 unspecified atom stereocenters. The Morgan fingerprint density at radius 2 is 2.06 bits per heavy atom. The molecule has 18 heavy (non-hydrogen) atoms. The summed E-state index contributed by atoms with van der Waals surface area (Å²) in [6.45, 7) is 3.55. The monoisotopic (exact) mass is 266 g/mol. The number of benzene rings is 1. The smallest absolute Gasteiger partial charge is 0.264 e. The molecule has 1 fully saturated rings. The van der Waals surface area contributed by atoms with E-state index in [1.165, 1.54) is 12.1 Å². The normalized spacial score (nSPS) is 26.4. The molecule has 0 heterocycles. The number of amides is 1. The molecule has 0 aromatic heterocycles. The summed E-state index contributed by atoms with van der Waals surface area (Å²) in [6.07, 6.45) is 1.99. The highest BCUT2D eigenvalue weighted by molar-refractivity contribution is 7.90. The second kappa shape index (κ2) is 4.22. The highest BCUT2D eigenvalue weighted by Gasteiger charge is 2.56. The van der Waals surface area contributed by atoms with E-state index in [0.717, 1.165) is 0 Å². The van der Waals surface area contributed by atoms with E-state index in [1.54, 1.807) is 24.3 Å². The predicted octanol–water partition coefficient (Wildman–Crippen LogP) is 0.395. The van der Waals surface area contributed by atoms with Crippen LogP contribution in [0.2, 0.25) is 0 Å². The van der Waals surface area contributed by atoms with Crippen LogP contribution in [0.3, 0.4) is 0 Å². The molecule has 1 amide bonds. The van der Waals surface area contributed by atoms with Crippen molar-refractivity contribution in [3.63, 3.8) is 0 Å². The number of nitrogens with one attached hydrogen (secondary N) is 1. The van der Waals surface area contributed by atoms with Crippen LogP contribution in [-0.2, 0) is 14.8 Å². The minimum atomic E-state index is -3.85. The van der Waals surface area contributed by atoms with Gasteiger partial charge in [-0.15, -0.1) is 6.58 Å². The van der Waals surface area contributed by atoms with Crippen LogP contribution in [0.15, 0.2) is 47.9 Å². The van der Waals surface area contributed by atoms with Crippen molar-refractivity contribution in [2.24, 2.45) is 11.7 Å². The lowest BCUT2D eigenvalue weighted by Gasteiger charge is -2.11. The van der Waals surface area contributed by atoms with Crippen molar-refractivity contribution in [3.05, 3.63) is 43.0 Å². The van der Waals surface area contributed by atoms with Crippen LogP contribution in [-0.4, -0.2) is 19.9 Å². The van der Waals surface area contributed by atoms with Crippen molar-refractivity contribution in [2.45, 2.75) is 16.9 Å². The van der Waals surface area contributed by atoms with Gasteiger partial charge >= 0.3 is 0 Å². The summed E-state index contributed by atoms with van der Waals surface area (Å²) in [5, 5.41) is 0. The topological polar surface area (TPSA) is 89.3 Å². The lowest BCUT2D eigenvalue weighted by atomic mass is 10.2. The lowest BCUT2D eigenvalue weighted by molar-refractivity contribution is -0.121. The Morgan fingerprint density at radius 3 is 2.56 bits per heavy atom. The van der Waals surface area contributed by atoms with E-state index in [0.29, 0.717) is 6.42 Å². The third-order valence-electron chi connectivity index (χ3n) is 3.05. The summed E-state index contributed by atoms with van der Waals surface area (Å²) >= 11 is 0. The largest absolute Gasteiger partial charge is 0.317 e. The number of rotatable bonds is 4. The van der Waals surface area contributed by atoms with Gasteiger partial charge in [0.2, 0.25) is 0 Å². The van der Waals surface area contributed by atoms with Crippen LogP contribution >= 0.6 is 0 Å². The molecule has 0 saturated heterocycles. The van der Waals surface area contributed by atoms with Crippen LogP contribution in [0.5, 0.6) is 0 Å². The van der Waals surface area contributed by atoms with E-state index in [-0.39, 0.29) is 10.8 Å². The SMILES string of the molecule is C=C[C@@H]1C[C@]1(N)C(=O)NS(=O)(=O)c1ccccc1. The van der Waals surface area contributed by atoms with Gasteiger partial charge in [0, 0.05) is 5.92 Å². The Labute approximate surface area is 106 Å². The van der Waals surface area contributed by atoms with E-state index >= 15 is 0 Å². The summed E-state index contributed by atoms with van der Waals surface area (Å²) in [6, 6.07) is 7.69. The zero-order chi connectivity index (χ0) is 13.4. The molecule has 1 aromatic carbocycles. The first kappa shape index (κ1) is 12.8. The van der Waals surface area contributed by atoms with Gasteiger partial charge < -0.3 is 5.73 Å². The average molecular weight is 266 g/mol. The summed E-state index contributed by atoms with van der Waals surface area (Å²) in [5.74, 6) is -0.847. The van der Waals surface area contributed by atoms with Gasteiger partial charge in [-0.3, -0.25) is 4.79 Å². The minimum absolute atomic E-state index is 0.0396. The van der Waals surface area contributed by atoms with Crippen LogP contribution in [0.1, 0.15) is 6.42 Å². The third-order valence-corrected chi connectivity index (χ3v) is 4.39. The molecule has 6 heteroatoms.